The van der Waals surface area contributed by atoms with Gasteiger partial charge in [-0.15, -0.1) is 5.10 Å². The van der Waals surface area contributed by atoms with Crippen LogP contribution in [0.1, 0.15) is 44.9 Å². The molecule has 1 aromatic rings. The van der Waals surface area contributed by atoms with Crippen LogP contribution in [0.25, 0.3) is 0 Å². The number of aromatic nitrogens is 3. The minimum absolute atomic E-state index is 0.478. The summed E-state index contributed by atoms with van der Waals surface area (Å²) in [4.78, 5) is 6.89. The van der Waals surface area contributed by atoms with Gasteiger partial charge in [-0.2, -0.15) is 4.98 Å². The number of anilines is 1. The van der Waals surface area contributed by atoms with Crippen molar-refractivity contribution in [2.75, 3.05) is 31.1 Å². The van der Waals surface area contributed by atoms with Crippen molar-refractivity contribution in [1.82, 2.24) is 20.5 Å². The van der Waals surface area contributed by atoms with Gasteiger partial charge >= 0.3 is 0 Å². The Balaban J connectivity index is 2.01. The van der Waals surface area contributed by atoms with Gasteiger partial charge in [0, 0.05) is 25.6 Å². The lowest BCUT2D eigenvalue weighted by Crippen LogP contribution is -2.28. The molecule has 0 spiro atoms. The van der Waals surface area contributed by atoms with Gasteiger partial charge in [-0.25, -0.2) is 0 Å². The smallest absolute Gasteiger partial charge is 0.244 e. The molecule has 2 rings (SSSR count). The fourth-order valence-corrected chi connectivity index (χ4v) is 2.24. The lowest BCUT2D eigenvalue weighted by Gasteiger charge is -2.17. The summed E-state index contributed by atoms with van der Waals surface area (Å²) in [5.41, 5.74) is 0. The van der Waals surface area contributed by atoms with E-state index in [0.29, 0.717) is 5.92 Å². The van der Waals surface area contributed by atoms with E-state index in [0.717, 1.165) is 50.8 Å². The van der Waals surface area contributed by atoms with E-state index in [2.05, 4.69) is 39.2 Å². The van der Waals surface area contributed by atoms with Crippen LogP contribution in [-0.2, 0) is 0 Å². The molecule has 96 valence electrons. The first-order chi connectivity index (χ1) is 8.31. The van der Waals surface area contributed by atoms with Crippen LogP contribution in [0.3, 0.4) is 0 Å². The molecule has 0 saturated carbocycles. The van der Waals surface area contributed by atoms with E-state index in [1.165, 1.54) is 6.42 Å². The molecule has 1 aliphatic heterocycles. The van der Waals surface area contributed by atoms with Gasteiger partial charge in [0.15, 0.2) is 0 Å². The van der Waals surface area contributed by atoms with Gasteiger partial charge in [0.1, 0.15) is 5.82 Å². The number of H-pyrrole nitrogens is 1. The van der Waals surface area contributed by atoms with E-state index in [1.54, 1.807) is 0 Å². The maximum Gasteiger partial charge on any atom is 0.244 e. The first-order valence-corrected chi connectivity index (χ1v) is 6.69. The zero-order chi connectivity index (χ0) is 12.1. The van der Waals surface area contributed by atoms with Gasteiger partial charge in [0.25, 0.3) is 0 Å². The molecule has 1 aromatic heterocycles. The largest absolute Gasteiger partial charge is 0.338 e. The number of rotatable bonds is 4. The number of nitrogens with zero attached hydrogens (tertiary/aromatic N) is 3. The molecule has 0 amide bonds. The molecule has 2 heterocycles. The van der Waals surface area contributed by atoms with E-state index in [-0.39, 0.29) is 0 Å². The highest BCUT2D eigenvalue weighted by molar-refractivity contribution is 5.29. The molecule has 0 radical (unpaired) electrons. The molecule has 17 heavy (non-hydrogen) atoms. The van der Waals surface area contributed by atoms with Crippen molar-refractivity contribution in [2.45, 2.75) is 39.0 Å². The van der Waals surface area contributed by atoms with Crippen LogP contribution in [0.15, 0.2) is 0 Å². The molecule has 1 saturated heterocycles. The Morgan fingerprint density at radius 1 is 1.35 bits per heavy atom. The molecule has 2 N–H and O–H groups in total. The zero-order valence-electron chi connectivity index (χ0n) is 10.9. The van der Waals surface area contributed by atoms with E-state index in [9.17, 15) is 0 Å². The Morgan fingerprint density at radius 3 is 3.06 bits per heavy atom. The molecule has 5 heteroatoms. The van der Waals surface area contributed by atoms with Gasteiger partial charge in [-0.05, 0) is 19.4 Å². The van der Waals surface area contributed by atoms with Crippen molar-refractivity contribution >= 4 is 5.95 Å². The first kappa shape index (κ1) is 12.4. The molecular weight excluding hydrogens is 214 g/mol. The van der Waals surface area contributed by atoms with Crippen LogP contribution < -0.4 is 10.2 Å². The molecule has 1 atom stereocenters. The van der Waals surface area contributed by atoms with Crippen molar-refractivity contribution in [3.8, 4) is 0 Å². The lowest BCUT2D eigenvalue weighted by atomic mass is 10.1. The van der Waals surface area contributed by atoms with Gasteiger partial charge in [0.2, 0.25) is 5.95 Å². The summed E-state index contributed by atoms with van der Waals surface area (Å²) in [6.07, 6.45) is 3.51. The fraction of sp³-hybridized carbons (Fsp3) is 0.833. The number of aromatic amines is 1. The predicted octanol–water partition coefficient (Wildman–Crippen LogP) is 1.51. The second-order valence-corrected chi connectivity index (χ2v) is 4.80. The first-order valence-electron chi connectivity index (χ1n) is 6.69. The zero-order valence-corrected chi connectivity index (χ0v) is 10.9. The van der Waals surface area contributed by atoms with E-state index >= 15 is 0 Å². The molecule has 5 nitrogen and oxygen atoms in total. The highest BCUT2D eigenvalue weighted by Gasteiger charge is 2.16. The molecule has 0 bridgehead atoms. The Morgan fingerprint density at radius 2 is 2.24 bits per heavy atom. The second-order valence-electron chi connectivity index (χ2n) is 4.80. The SMILES string of the molecule is CCCC(C)c1nc(N2CCCNCC2)n[nH]1. The van der Waals surface area contributed by atoms with E-state index in [4.69, 9.17) is 0 Å². The second kappa shape index (κ2) is 6.00. The monoisotopic (exact) mass is 237 g/mol. The highest BCUT2D eigenvalue weighted by atomic mass is 15.4. The van der Waals surface area contributed by atoms with Crippen molar-refractivity contribution in [1.29, 1.82) is 0 Å². The molecule has 0 aliphatic carbocycles. The summed E-state index contributed by atoms with van der Waals surface area (Å²) in [6, 6.07) is 0. The minimum Gasteiger partial charge on any atom is -0.338 e. The van der Waals surface area contributed by atoms with Crippen LogP contribution >= 0.6 is 0 Å². The summed E-state index contributed by atoms with van der Waals surface area (Å²) in [7, 11) is 0. The van der Waals surface area contributed by atoms with Crippen molar-refractivity contribution in [3.05, 3.63) is 5.82 Å². The molecule has 1 aliphatic rings. The third-order valence-electron chi connectivity index (χ3n) is 3.30. The Bertz CT molecular complexity index is 327. The molecular formula is C12H23N5. The Labute approximate surface area is 103 Å². The molecule has 0 aromatic carbocycles. The average molecular weight is 237 g/mol. The summed E-state index contributed by atoms with van der Waals surface area (Å²) in [6.45, 7) is 8.58. The van der Waals surface area contributed by atoms with Crippen molar-refractivity contribution in [3.63, 3.8) is 0 Å². The quantitative estimate of drug-likeness (QED) is 0.833. The normalized spacial score (nSPS) is 19.1. The van der Waals surface area contributed by atoms with Crippen LogP contribution in [0.5, 0.6) is 0 Å². The fourth-order valence-electron chi connectivity index (χ4n) is 2.24. The third-order valence-corrected chi connectivity index (χ3v) is 3.30. The highest BCUT2D eigenvalue weighted by Crippen LogP contribution is 2.18. The van der Waals surface area contributed by atoms with Crippen molar-refractivity contribution in [2.24, 2.45) is 0 Å². The van der Waals surface area contributed by atoms with Crippen LogP contribution in [0, 0.1) is 0 Å². The number of hydrogen-bond donors (Lipinski definition) is 2. The van der Waals surface area contributed by atoms with Gasteiger partial charge in [-0.1, -0.05) is 20.3 Å². The maximum atomic E-state index is 4.63. The van der Waals surface area contributed by atoms with Gasteiger partial charge < -0.3 is 10.2 Å². The van der Waals surface area contributed by atoms with Crippen molar-refractivity contribution < 1.29 is 0 Å². The summed E-state index contributed by atoms with van der Waals surface area (Å²) in [5, 5.41) is 10.8. The number of nitrogens with one attached hydrogen (secondary N) is 2. The Hall–Kier alpha value is -1.10. The topological polar surface area (TPSA) is 56.8 Å². The molecule has 1 unspecified atom stereocenters. The van der Waals surface area contributed by atoms with Crippen LogP contribution in [0.4, 0.5) is 5.95 Å². The van der Waals surface area contributed by atoms with Crippen LogP contribution in [-0.4, -0.2) is 41.4 Å². The average Bonchev–Trinajstić information content (AvgIpc) is 2.66. The van der Waals surface area contributed by atoms with Gasteiger partial charge in [0.05, 0.1) is 0 Å². The summed E-state index contributed by atoms with van der Waals surface area (Å²) >= 11 is 0. The minimum atomic E-state index is 0.478. The summed E-state index contributed by atoms with van der Waals surface area (Å²) in [5.74, 6) is 2.37. The summed E-state index contributed by atoms with van der Waals surface area (Å²) < 4.78 is 0. The van der Waals surface area contributed by atoms with E-state index < -0.39 is 0 Å². The number of hydrogen-bond acceptors (Lipinski definition) is 4. The predicted molar refractivity (Wildman–Crippen MR) is 69.4 cm³/mol. The van der Waals surface area contributed by atoms with Crippen LogP contribution in [0.2, 0.25) is 0 Å². The Kier molecular flexibility index (Phi) is 4.36. The third kappa shape index (κ3) is 3.19. The van der Waals surface area contributed by atoms with E-state index in [1.807, 2.05) is 0 Å². The van der Waals surface area contributed by atoms with Gasteiger partial charge in [-0.3, -0.25) is 5.10 Å². The lowest BCUT2D eigenvalue weighted by molar-refractivity contribution is 0.629. The maximum absolute atomic E-state index is 4.63. The standard InChI is InChI=1S/C12H23N5/c1-3-5-10(2)11-14-12(16-15-11)17-8-4-6-13-7-9-17/h10,13H,3-9H2,1-2H3,(H,14,15,16). The molecule has 1 fully saturated rings.